The molecule has 21 heavy (non-hydrogen) atoms. The van der Waals surface area contributed by atoms with Gasteiger partial charge in [-0.25, -0.2) is 4.98 Å². The number of nitrogens with zero attached hydrogens (tertiary/aromatic N) is 1. The summed E-state index contributed by atoms with van der Waals surface area (Å²) in [5, 5.41) is 1.15. The molecular formula is C18H31NOS. The molecule has 0 amide bonds. The number of aryl methyl sites for hydroxylation is 2. The molecule has 0 N–H and O–H groups in total. The highest BCUT2D eigenvalue weighted by Crippen LogP contribution is 2.23. The van der Waals surface area contributed by atoms with Crippen LogP contribution in [-0.2, 0) is 4.74 Å². The maximum atomic E-state index is 5.22. The van der Waals surface area contributed by atoms with Crippen LogP contribution in [0.15, 0.2) is 18.2 Å². The Bertz CT molecular complexity index is 473. The van der Waals surface area contributed by atoms with Gasteiger partial charge in [-0.2, -0.15) is 0 Å². The quantitative estimate of drug-likeness (QED) is 0.618. The van der Waals surface area contributed by atoms with E-state index in [4.69, 9.17) is 4.74 Å². The summed E-state index contributed by atoms with van der Waals surface area (Å²) in [5.41, 5.74) is 2.43. The van der Waals surface area contributed by atoms with Crippen molar-refractivity contribution in [3.63, 3.8) is 0 Å². The topological polar surface area (TPSA) is 22.1 Å². The number of para-hydroxylation sites is 1. The molecule has 2 aromatic rings. The summed E-state index contributed by atoms with van der Waals surface area (Å²) in [4.78, 5) is 4.43. The second-order valence-corrected chi connectivity index (χ2v) is 5.86. The fourth-order valence-corrected chi connectivity index (χ4v) is 2.59. The van der Waals surface area contributed by atoms with Crippen LogP contribution in [0.1, 0.15) is 57.5 Å². The first-order valence-corrected chi connectivity index (χ1v) is 8.91. The average molecular weight is 310 g/mol. The minimum atomic E-state index is 0.931. The van der Waals surface area contributed by atoms with Gasteiger partial charge in [0.15, 0.2) is 0 Å². The minimum Gasteiger partial charge on any atom is -0.381 e. The van der Waals surface area contributed by atoms with E-state index in [0.29, 0.717) is 0 Å². The van der Waals surface area contributed by atoms with Crippen LogP contribution in [-0.4, -0.2) is 18.2 Å². The van der Waals surface area contributed by atoms with E-state index in [1.807, 2.05) is 20.8 Å². The molecule has 0 saturated heterocycles. The van der Waals surface area contributed by atoms with Gasteiger partial charge in [0.25, 0.3) is 0 Å². The lowest BCUT2D eigenvalue weighted by molar-refractivity contribution is 0.132. The van der Waals surface area contributed by atoms with Gasteiger partial charge in [0.05, 0.1) is 15.2 Å². The van der Waals surface area contributed by atoms with E-state index in [1.165, 1.54) is 23.1 Å². The number of hydrogen-bond donors (Lipinski definition) is 0. The molecule has 2 rings (SSSR count). The first-order chi connectivity index (χ1) is 10.2. The lowest BCUT2D eigenvalue weighted by atomic mass is 10.2. The molecule has 2 nitrogen and oxygen atoms in total. The fraction of sp³-hybridized carbons (Fsp3) is 0.611. The Balaban J connectivity index is 0.000000358. The molecule has 0 radical (unpaired) electrons. The van der Waals surface area contributed by atoms with Crippen LogP contribution >= 0.6 is 11.3 Å². The number of hydrogen-bond acceptors (Lipinski definition) is 3. The third-order valence-corrected chi connectivity index (χ3v) is 3.65. The van der Waals surface area contributed by atoms with Gasteiger partial charge in [0.1, 0.15) is 0 Å². The van der Waals surface area contributed by atoms with Gasteiger partial charge in [-0.15, -0.1) is 11.3 Å². The van der Waals surface area contributed by atoms with E-state index in [-0.39, 0.29) is 0 Å². The fourth-order valence-electron chi connectivity index (χ4n) is 1.69. The van der Waals surface area contributed by atoms with E-state index in [2.05, 4.69) is 44.0 Å². The van der Waals surface area contributed by atoms with Crippen molar-refractivity contribution < 1.29 is 4.74 Å². The summed E-state index contributed by atoms with van der Waals surface area (Å²) in [6.45, 7) is 14.3. The van der Waals surface area contributed by atoms with Gasteiger partial charge in [0.2, 0.25) is 0 Å². The third kappa shape index (κ3) is 8.18. The molecule has 0 aliphatic carbocycles. The van der Waals surface area contributed by atoms with E-state index >= 15 is 0 Å². The molecular weight excluding hydrogens is 278 g/mol. The van der Waals surface area contributed by atoms with Crippen LogP contribution in [0.3, 0.4) is 0 Å². The zero-order valence-corrected chi connectivity index (χ0v) is 15.3. The van der Waals surface area contributed by atoms with Gasteiger partial charge in [0, 0.05) is 13.2 Å². The van der Waals surface area contributed by atoms with Crippen LogP contribution in [0.4, 0.5) is 0 Å². The number of unbranched alkanes of at least 4 members (excludes halogenated alkanes) is 1. The van der Waals surface area contributed by atoms with E-state index in [9.17, 15) is 0 Å². The van der Waals surface area contributed by atoms with Crippen molar-refractivity contribution in [2.24, 2.45) is 0 Å². The molecule has 1 aromatic carbocycles. The van der Waals surface area contributed by atoms with Gasteiger partial charge in [-0.1, -0.05) is 46.2 Å². The van der Waals surface area contributed by atoms with Crippen molar-refractivity contribution in [2.45, 2.75) is 60.8 Å². The zero-order chi connectivity index (χ0) is 16.1. The molecule has 0 saturated carbocycles. The van der Waals surface area contributed by atoms with Crippen molar-refractivity contribution in [1.82, 2.24) is 4.98 Å². The first-order valence-electron chi connectivity index (χ1n) is 8.09. The number of benzene rings is 1. The van der Waals surface area contributed by atoms with Gasteiger partial charge < -0.3 is 4.74 Å². The molecule has 0 atom stereocenters. The maximum absolute atomic E-state index is 5.22. The molecule has 1 aromatic heterocycles. The SMILES string of the molecule is CC.CCCCOCCC.Cc1nc2c(C)cccc2s1. The number of fused-ring (bicyclic) bond motifs is 1. The zero-order valence-electron chi connectivity index (χ0n) is 14.5. The summed E-state index contributed by atoms with van der Waals surface area (Å²) in [5.74, 6) is 0. The molecule has 0 fully saturated rings. The normalized spacial score (nSPS) is 9.62. The van der Waals surface area contributed by atoms with Gasteiger partial charge >= 0.3 is 0 Å². The predicted octanol–water partition coefficient (Wildman–Crippen LogP) is 6.15. The molecule has 120 valence electrons. The van der Waals surface area contributed by atoms with Crippen LogP contribution in [0.5, 0.6) is 0 Å². The van der Waals surface area contributed by atoms with Crippen LogP contribution < -0.4 is 0 Å². The van der Waals surface area contributed by atoms with Gasteiger partial charge in [-0.05, 0) is 38.3 Å². The highest BCUT2D eigenvalue weighted by Gasteiger charge is 2.00. The summed E-state index contributed by atoms with van der Waals surface area (Å²) in [6, 6.07) is 6.30. The number of aromatic nitrogens is 1. The Hall–Kier alpha value is -0.930. The second kappa shape index (κ2) is 12.8. The highest BCUT2D eigenvalue weighted by atomic mass is 32.1. The van der Waals surface area contributed by atoms with Crippen molar-refractivity contribution >= 4 is 21.6 Å². The molecule has 0 unspecified atom stereocenters. The highest BCUT2D eigenvalue weighted by molar-refractivity contribution is 7.18. The van der Waals surface area contributed by atoms with E-state index in [0.717, 1.165) is 30.2 Å². The van der Waals surface area contributed by atoms with Crippen LogP contribution in [0, 0.1) is 13.8 Å². The predicted molar refractivity (Wildman–Crippen MR) is 96.5 cm³/mol. The molecule has 1 heterocycles. The maximum Gasteiger partial charge on any atom is 0.0907 e. The molecule has 0 spiro atoms. The number of thiazole rings is 1. The largest absolute Gasteiger partial charge is 0.381 e. The molecule has 0 bridgehead atoms. The Morgan fingerprint density at radius 3 is 2.33 bits per heavy atom. The first kappa shape index (κ1) is 20.1. The monoisotopic (exact) mass is 309 g/mol. The summed E-state index contributed by atoms with van der Waals surface area (Å²) in [6.07, 6.45) is 3.59. The van der Waals surface area contributed by atoms with Crippen molar-refractivity contribution in [1.29, 1.82) is 0 Å². The summed E-state index contributed by atoms with van der Waals surface area (Å²) < 4.78 is 6.52. The molecule has 3 heteroatoms. The van der Waals surface area contributed by atoms with Crippen molar-refractivity contribution in [2.75, 3.05) is 13.2 Å². The van der Waals surface area contributed by atoms with Crippen LogP contribution in [0.2, 0.25) is 0 Å². The third-order valence-electron chi connectivity index (χ3n) is 2.72. The Morgan fingerprint density at radius 2 is 1.76 bits per heavy atom. The minimum absolute atomic E-state index is 0.931. The lowest BCUT2D eigenvalue weighted by Crippen LogP contribution is -1.93. The summed E-state index contributed by atoms with van der Waals surface area (Å²) >= 11 is 1.76. The smallest absolute Gasteiger partial charge is 0.0907 e. The lowest BCUT2D eigenvalue weighted by Gasteiger charge is -1.97. The Labute approximate surface area is 134 Å². The van der Waals surface area contributed by atoms with Gasteiger partial charge in [-0.3, -0.25) is 0 Å². The van der Waals surface area contributed by atoms with E-state index in [1.54, 1.807) is 11.3 Å². The van der Waals surface area contributed by atoms with Crippen molar-refractivity contribution in [3.8, 4) is 0 Å². The Kier molecular flexibility index (Phi) is 12.2. The molecule has 0 aliphatic heterocycles. The van der Waals surface area contributed by atoms with Crippen molar-refractivity contribution in [3.05, 3.63) is 28.8 Å². The second-order valence-electron chi connectivity index (χ2n) is 4.62. The number of rotatable bonds is 5. The Morgan fingerprint density at radius 1 is 1.05 bits per heavy atom. The van der Waals surface area contributed by atoms with E-state index < -0.39 is 0 Å². The standard InChI is InChI=1S/C9H9NS.C7H16O.C2H6/c1-6-4-3-5-8-9(6)10-7(2)11-8;1-3-5-7-8-6-4-2;1-2/h3-5H,1-2H3;3-7H2,1-2H3;1-2H3. The number of ether oxygens (including phenoxy) is 1. The average Bonchev–Trinajstić information content (AvgIpc) is 2.89. The summed E-state index contributed by atoms with van der Waals surface area (Å²) in [7, 11) is 0. The van der Waals surface area contributed by atoms with Crippen LogP contribution in [0.25, 0.3) is 10.2 Å². The molecule has 0 aliphatic rings.